The molecule has 7 rings (SSSR count). The predicted octanol–water partition coefficient (Wildman–Crippen LogP) is 6.11. The number of aromatic hydroxyl groups is 2. The number of hydrogen-bond donors (Lipinski definition) is 5. The monoisotopic (exact) mass is 959 g/mol. The molecule has 6 N–H and O–H groups in total. The molecule has 0 aromatic heterocycles. The summed E-state index contributed by atoms with van der Waals surface area (Å²) in [5.74, 6) is -1.86. The fourth-order valence-electron chi connectivity index (χ4n) is 6.54. The molecule has 0 fully saturated rings. The average molecular weight is 960 g/mol. The van der Waals surface area contributed by atoms with Gasteiger partial charge in [0.1, 0.15) is 36.8 Å². The molecule has 16 nitrogen and oxygen atoms in total. The van der Waals surface area contributed by atoms with Crippen molar-refractivity contribution < 1.29 is 61.4 Å². The van der Waals surface area contributed by atoms with Crippen LogP contribution in [0.5, 0.6) is 11.5 Å². The Balaban J connectivity index is 0.000000236. The number of fused-ring (bicyclic) bond motifs is 1. The van der Waals surface area contributed by atoms with Gasteiger partial charge in [0.05, 0.1) is 35.8 Å². The summed E-state index contributed by atoms with van der Waals surface area (Å²) in [4.78, 5) is 63.1. The van der Waals surface area contributed by atoms with Crippen molar-refractivity contribution in [3.8, 4) is 11.5 Å². The van der Waals surface area contributed by atoms with E-state index in [1.165, 1.54) is 24.3 Å². The zero-order valence-electron chi connectivity index (χ0n) is 37.7. The van der Waals surface area contributed by atoms with Crippen molar-refractivity contribution in [3.05, 3.63) is 197 Å². The van der Waals surface area contributed by atoms with Crippen LogP contribution in [0.2, 0.25) is 0 Å². The van der Waals surface area contributed by atoms with Crippen LogP contribution >= 0.6 is 0 Å². The zero-order chi connectivity index (χ0) is 49.8. The maximum atomic E-state index is 12.8. The lowest BCUT2D eigenvalue weighted by molar-refractivity contribution is -0.149. The Bertz CT molecular complexity index is 2700. The van der Waals surface area contributed by atoms with Crippen LogP contribution in [0, 0.1) is 6.92 Å². The average Bonchev–Trinajstić information content (AvgIpc) is 3.59. The molecule has 0 aliphatic carbocycles. The highest BCUT2D eigenvalue weighted by atomic mass is 32.2. The molecule has 2 atom stereocenters. The second-order valence-electron chi connectivity index (χ2n) is 15.6. The van der Waals surface area contributed by atoms with Crippen LogP contribution in [-0.4, -0.2) is 89.6 Å². The Hall–Kier alpha value is -7.70. The summed E-state index contributed by atoms with van der Waals surface area (Å²) in [7, 11) is -4.02. The van der Waals surface area contributed by atoms with E-state index in [2.05, 4.69) is 5.32 Å². The van der Waals surface area contributed by atoms with E-state index in [9.17, 15) is 42.6 Å². The summed E-state index contributed by atoms with van der Waals surface area (Å²) < 4.78 is 45.6. The topological polar surface area (TPSA) is 249 Å². The van der Waals surface area contributed by atoms with Crippen LogP contribution in [-0.2, 0) is 64.8 Å². The fourth-order valence-corrected chi connectivity index (χ4v) is 7.02. The highest BCUT2D eigenvalue weighted by molar-refractivity contribution is 7.85. The molecule has 1 aliphatic heterocycles. The number of nitrogens with one attached hydrogen (secondary N) is 1. The van der Waals surface area contributed by atoms with Gasteiger partial charge in [-0.2, -0.15) is 8.42 Å². The molecule has 0 saturated heterocycles. The minimum Gasteiger partial charge on any atom is -0.508 e. The largest absolute Gasteiger partial charge is 0.508 e. The van der Waals surface area contributed by atoms with Gasteiger partial charge in [-0.25, -0.2) is 4.79 Å². The van der Waals surface area contributed by atoms with Crippen LogP contribution < -0.4 is 11.1 Å². The number of carbonyl (C=O) groups is 5. The smallest absolute Gasteiger partial charge is 0.329 e. The van der Waals surface area contributed by atoms with Crippen LogP contribution in [0.1, 0.15) is 55.0 Å². The number of rotatable bonds is 18. The molecule has 0 radical (unpaired) electrons. The van der Waals surface area contributed by atoms with Crippen molar-refractivity contribution in [3.63, 3.8) is 0 Å². The molecule has 1 heterocycles. The number of ether oxygens (including phenoxy) is 3. The van der Waals surface area contributed by atoms with E-state index in [4.69, 9.17) is 24.5 Å². The normalized spacial score (nSPS) is 12.5. The summed E-state index contributed by atoms with van der Waals surface area (Å²) in [6, 6.07) is 42.6. The number of nitrogens with zero attached hydrogens (tertiary/aromatic N) is 1. The standard InChI is InChI=1S/C29H28N2O7.C16H17NO3.C7H8O3S/c32-22-12-10-20(11-13-22)18-25(29(36)38-19-21-6-2-1-3-7-21)30-26(33)14-16-37-17-15-31-27(34)23-8-4-5-9-24(23)28(31)35;17-15(10-12-6-8-14(18)9-7-12)16(19)20-11-13-4-2-1-3-5-13;1-6-2-4-7(5-3-6)11(8,9)10/h1-13,25,32H,14-19H2,(H,30,33);1-9,15,18H,10-11,17H2;2-5H,1H3,(H,8,9,10)/t25-;15-;/m00./s1. The summed E-state index contributed by atoms with van der Waals surface area (Å²) in [5, 5.41) is 21.4. The first-order valence-corrected chi connectivity index (χ1v) is 23.1. The van der Waals surface area contributed by atoms with E-state index in [-0.39, 0.29) is 74.0 Å². The Morgan fingerprint density at radius 3 is 1.57 bits per heavy atom. The first-order valence-electron chi connectivity index (χ1n) is 21.7. The van der Waals surface area contributed by atoms with Gasteiger partial charge in [0.25, 0.3) is 21.9 Å². The first kappa shape index (κ1) is 52.3. The molecule has 360 valence electrons. The van der Waals surface area contributed by atoms with Gasteiger partial charge in [-0.05, 0) is 84.1 Å². The lowest BCUT2D eigenvalue weighted by Crippen LogP contribution is -2.43. The van der Waals surface area contributed by atoms with Crippen LogP contribution in [0.25, 0.3) is 0 Å². The summed E-state index contributed by atoms with van der Waals surface area (Å²) >= 11 is 0. The number of carbonyl (C=O) groups excluding carboxylic acids is 5. The van der Waals surface area contributed by atoms with Crippen LogP contribution in [0.3, 0.4) is 0 Å². The molecule has 69 heavy (non-hydrogen) atoms. The molecule has 17 heteroatoms. The van der Waals surface area contributed by atoms with Crippen LogP contribution in [0.4, 0.5) is 0 Å². The van der Waals surface area contributed by atoms with E-state index in [1.807, 2.05) is 67.6 Å². The third kappa shape index (κ3) is 17.2. The lowest BCUT2D eigenvalue weighted by Gasteiger charge is -2.18. The van der Waals surface area contributed by atoms with Gasteiger partial charge in [0, 0.05) is 12.8 Å². The highest BCUT2D eigenvalue weighted by Gasteiger charge is 2.34. The predicted molar refractivity (Wildman–Crippen MR) is 254 cm³/mol. The molecule has 0 bridgehead atoms. The maximum Gasteiger partial charge on any atom is 0.329 e. The van der Waals surface area contributed by atoms with E-state index in [1.54, 1.807) is 72.8 Å². The molecule has 6 aromatic carbocycles. The molecule has 0 unspecified atom stereocenters. The summed E-state index contributed by atoms with van der Waals surface area (Å²) in [5.41, 5.74) is 10.9. The summed E-state index contributed by atoms with van der Waals surface area (Å²) in [6.07, 6.45) is 0.536. The number of nitrogens with two attached hydrogens (primary N) is 1. The fraction of sp³-hybridized carbons (Fsp3) is 0.212. The third-order valence-electron chi connectivity index (χ3n) is 10.3. The van der Waals surface area contributed by atoms with E-state index >= 15 is 0 Å². The van der Waals surface area contributed by atoms with Gasteiger partial charge in [0.15, 0.2) is 0 Å². The van der Waals surface area contributed by atoms with E-state index in [0.29, 0.717) is 17.5 Å². The number of amides is 3. The van der Waals surface area contributed by atoms with E-state index < -0.39 is 40.0 Å². The van der Waals surface area contributed by atoms with Crippen LogP contribution in [0.15, 0.2) is 163 Å². The van der Waals surface area contributed by atoms with Crippen molar-refractivity contribution in [1.82, 2.24) is 10.2 Å². The Morgan fingerprint density at radius 2 is 1.07 bits per heavy atom. The SMILES string of the molecule is Cc1ccc(S(=O)(=O)O)cc1.N[C@@H](Cc1ccc(O)cc1)C(=O)OCc1ccccc1.O=C(CCOCCN1C(=O)c2ccccc2C1=O)N[C@@H](Cc1ccc(O)cc1)C(=O)OCc1ccccc1. The number of esters is 2. The molecule has 0 saturated carbocycles. The second kappa shape index (κ2) is 26.0. The van der Waals surface area contributed by atoms with Crippen molar-refractivity contribution in [2.75, 3.05) is 19.8 Å². The molecule has 3 amide bonds. The molecule has 6 aromatic rings. The Kier molecular flexibility index (Phi) is 19.7. The van der Waals surface area contributed by atoms with Crippen molar-refractivity contribution in [2.45, 2.75) is 56.4 Å². The third-order valence-corrected chi connectivity index (χ3v) is 11.1. The van der Waals surface area contributed by atoms with Crippen molar-refractivity contribution in [1.29, 1.82) is 0 Å². The van der Waals surface area contributed by atoms with Gasteiger partial charge >= 0.3 is 11.9 Å². The summed E-state index contributed by atoms with van der Waals surface area (Å²) in [6.45, 7) is 2.33. The zero-order valence-corrected chi connectivity index (χ0v) is 38.5. The Morgan fingerprint density at radius 1 is 0.609 bits per heavy atom. The molecule has 0 spiro atoms. The molecule has 1 aliphatic rings. The maximum absolute atomic E-state index is 12.8. The Labute approximate surface area is 400 Å². The number of phenolic OH excluding ortho intramolecular Hbond substituents is 2. The number of phenols is 2. The van der Waals surface area contributed by atoms with Crippen molar-refractivity contribution >= 4 is 39.8 Å². The number of imide groups is 1. The quantitative estimate of drug-likeness (QED) is 0.0282. The number of benzene rings is 6. The van der Waals surface area contributed by atoms with Crippen molar-refractivity contribution in [2.24, 2.45) is 5.73 Å². The molecular weight excluding hydrogens is 907 g/mol. The number of hydrogen-bond acceptors (Lipinski definition) is 13. The van der Waals surface area contributed by atoms with Gasteiger partial charge in [0.2, 0.25) is 5.91 Å². The minimum atomic E-state index is -4.02. The highest BCUT2D eigenvalue weighted by Crippen LogP contribution is 2.22. The van der Waals surface area contributed by atoms with Gasteiger partial charge in [-0.3, -0.25) is 28.6 Å². The van der Waals surface area contributed by atoms with Gasteiger partial charge < -0.3 is 35.5 Å². The number of aryl methyl sites for hydroxylation is 1. The molecular formula is C52H53N3O13S. The van der Waals surface area contributed by atoms with E-state index in [0.717, 1.165) is 32.7 Å². The minimum absolute atomic E-state index is 0.0276. The lowest BCUT2D eigenvalue weighted by atomic mass is 10.1. The van der Waals surface area contributed by atoms with Gasteiger partial charge in [-0.1, -0.05) is 115 Å². The van der Waals surface area contributed by atoms with Gasteiger partial charge in [-0.15, -0.1) is 0 Å². The first-order chi connectivity index (χ1) is 33.1. The second-order valence-corrected chi connectivity index (χ2v) is 17.0.